The van der Waals surface area contributed by atoms with Crippen LogP contribution in [0.25, 0.3) is 0 Å². The molecular formula is C16H22N2O2. The van der Waals surface area contributed by atoms with Crippen molar-refractivity contribution in [2.45, 2.75) is 40.7 Å². The van der Waals surface area contributed by atoms with Gasteiger partial charge in [-0.3, -0.25) is 0 Å². The first-order valence-electron chi connectivity index (χ1n) is 7.01. The van der Waals surface area contributed by atoms with Crippen LogP contribution in [-0.2, 0) is 6.54 Å². The highest BCUT2D eigenvalue weighted by atomic mass is 16.6. The Morgan fingerprint density at radius 3 is 2.70 bits per heavy atom. The van der Waals surface area contributed by atoms with E-state index in [-0.39, 0.29) is 0 Å². The van der Waals surface area contributed by atoms with Gasteiger partial charge in [0.1, 0.15) is 12.0 Å². The smallest absolute Gasteiger partial charge is 0.399 e. The first-order valence-corrected chi connectivity index (χ1v) is 7.01. The molecule has 0 aliphatic carbocycles. The van der Waals surface area contributed by atoms with Gasteiger partial charge in [0, 0.05) is 6.54 Å². The molecule has 0 atom stereocenters. The van der Waals surface area contributed by atoms with Crippen molar-refractivity contribution in [1.82, 2.24) is 10.3 Å². The van der Waals surface area contributed by atoms with E-state index in [4.69, 9.17) is 9.15 Å². The molecule has 0 aliphatic rings. The molecule has 20 heavy (non-hydrogen) atoms. The molecule has 0 saturated carbocycles. The fraction of sp³-hybridized carbons (Fsp3) is 0.438. The molecule has 0 fully saturated rings. The number of aryl methyl sites for hydroxylation is 2. The number of ether oxygens (including phenoxy) is 1. The minimum absolute atomic E-state index is 0.301. The van der Waals surface area contributed by atoms with E-state index in [1.807, 2.05) is 19.9 Å². The average molecular weight is 274 g/mol. The Morgan fingerprint density at radius 1 is 1.20 bits per heavy atom. The number of nitrogens with zero attached hydrogens (tertiary/aromatic N) is 1. The van der Waals surface area contributed by atoms with Crippen LogP contribution < -0.4 is 10.1 Å². The van der Waals surface area contributed by atoms with E-state index in [0.29, 0.717) is 12.6 Å². The van der Waals surface area contributed by atoms with Crippen LogP contribution in [0.3, 0.4) is 0 Å². The zero-order valence-electron chi connectivity index (χ0n) is 12.6. The molecule has 4 nitrogen and oxygen atoms in total. The summed E-state index contributed by atoms with van der Waals surface area (Å²) in [5.41, 5.74) is 4.25. The first kappa shape index (κ1) is 14.6. The van der Waals surface area contributed by atoms with E-state index in [2.05, 4.69) is 30.2 Å². The highest BCUT2D eigenvalue weighted by Crippen LogP contribution is 2.30. The Morgan fingerprint density at radius 2 is 1.95 bits per heavy atom. The summed E-state index contributed by atoms with van der Waals surface area (Å²) in [7, 11) is 0. The van der Waals surface area contributed by atoms with Crippen molar-refractivity contribution in [3.05, 3.63) is 40.8 Å². The fourth-order valence-corrected chi connectivity index (χ4v) is 1.98. The fourth-order valence-electron chi connectivity index (χ4n) is 1.98. The number of nitrogens with one attached hydrogen (secondary N) is 1. The van der Waals surface area contributed by atoms with Gasteiger partial charge in [0.15, 0.2) is 0 Å². The second-order valence-corrected chi connectivity index (χ2v) is 5.04. The van der Waals surface area contributed by atoms with E-state index < -0.39 is 0 Å². The maximum Gasteiger partial charge on any atom is 0.399 e. The largest absolute Gasteiger partial charge is 0.417 e. The van der Waals surface area contributed by atoms with Crippen molar-refractivity contribution in [1.29, 1.82) is 0 Å². The van der Waals surface area contributed by atoms with Gasteiger partial charge in [0.2, 0.25) is 0 Å². The Bertz CT molecular complexity index is 576. The Balaban J connectivity index is 2.09. The van der Waals surface area contributed by atoms with Crippen LogP contribution in [0.4, 0.5) is 0 Å². The second-order valence-electron chi connectivity index (χ2n) is 5.04. The maximum absolute atomic E-state index is 5.80. The first-order chi connectivity index (χ1) is 9.61. The van der Waals surface area contributed by atoms with Crippen molar-refractivity contribution in [2.75, 3.05) is 6.54 Å². The molecule has 0 saturated heterocycles. The predicted octanol–water partition coefficient (Wildman–Crippen LogP) is 3.89. The molecule has 1 heterocycles. The van der Waals surface area contributed by atoms with Crippen molar-refractivity contribution in [3.8, 4) is 11.8 Å². The molecule has 1 aromatic carbocycles. The molecule has 1 aromatic heterocycles. The topological polar surface area (TPSA) is 47.3 Å². The summed E-state index contributed by atoms with van der Waals surface area (Å²) in [4.78, 5) is 4.34. The zero-order chi connectivity index (χ0) is 14.5. The molecule has 2 rings (SSSR count). The van der Waals surface area contributed by atoms with E-state index in [1.54, 1.807) is 6.26 Å². The summed E-state index contributed by atoms with van der Waals surface area (Å²) in [5.74, 6) is 0.833. The molecule has 0 spiro atoms. The van der Waals surface area contributed by atoms with E-state index in [0.717, 1.165) is 35.5 Å². The minimum atomic E-state index is 0.301. The number of aromatic nitrogens is 1. The molecule has 4 heteroatoms. The van der Waals surface area contributed by atoms with E-state index in [1.165, 1.54) is 5.56 Å². The molecule has 2 aromatic rings. The number of oxazole rings is 1. The lowest BCUT2D eigenvalue weighted by molar-refractivity contribution is 0.327. The minimum Gasteiger partial charge on any atom is -0.417 e. The van der Waals surface area contributed by atoms with Crippen LogP contribution in [0.1, 0.15) is 35.7 Å². The summed E-state index contributed by atoms with van der Waals surface area (Å²) in [6.45, 7) is 9.94. The van der Waals surface area contributed by atoms with Gasteiger partial charge in [-0.15, -0.1) is 0 Å². The van der Waals surface area contributed by atoms with E-state index >= 15 is 0 Å². The van der Waals surface area contributed by atoms with Gasteiger partial charge in [0.05, 0.1) is 5.69 Å². The summed E-state index contributed by atoms with van der Waals surface area (Å²) < 4.78 is 11.2. The number of benzene rings is 1. The van der Waals surface area contributed by atoms with E-state index in [9.17, 15) is 0 Å². The number of rotatable bonds is 6. The molecule has 0 amide bonds. The lowest BCUT2D eigenvalue weighted by Gasteiger charge is -2.10. The van der Waals surface area contributed by atoms with Gasteiger partial charge in [-0.1, -0.05) is 19.1 Å². The third-order valence-electron chi connectivity index (χ3n) is 3.33. The van der Waals surface area contributed by atoms with Crippen molar-refractivity contribution in [3.63, 3.8) is 0 Å². The Hall–Kier alpha value is -1.81. The molecule has 0 unspecified atom stereocenters. The summed E-state index contributed by atoms with van der Waals surface area (Å²) in [5, 5.41) is 3.28. The van der Waals surface area contributed by atoms with Crippen molar-refractivity contribution >= 4 is 0 Å². The number of hydrogen-bond acceptors (Lipinski definition) is 4. The molecule has 0 aliphatic heterocycles. The van der Waals surface area contributed by atoms with Gasteiger partial charge < -0.3 is 14.5 Å². The molecular weight excluding hydrogens is 252 g/mol. The highest BCUT2D eigenvalue weighted by molar-refractivity contribution is 5.45. The standard InChI is InChI=1S/C16H22N2O2/c1-5-8-17-9-14-10-19-16(18-14)20-15-12(3)7-6-11(2)13(15)4/h6-7,10,17H,5,8-9H2,1-4H3. The van der Waals surface area contributed by atoms with Crippen LogP contribution in [0.5, 0.6) is 11.8 Å². The SMILES string of the molecule is CCCNCc1coc(Oc2c(C)ccc(C)c2C)n1. The number of hydrogen-bond donors (Lipinski definition) is 1. The molecule has 0 bridgehead atoms. The van der Waals surface area contributed by atoms with Crippen LogP contribution in [0.2, 0.25) is 0 Å². The predicted molar refractivity (Wildman–Crippen MR) is 79.2 cm³/mol. The molecule has 1 N–H and O–H groups in total. The monoisotopic (exact) mass is 274 g/mol. The third kappa shape index (κ3) is 3.39. The summed E-state index contributed by atoms with van der Waals surface area (Å²) >= 11 is 0. The van der Waals surface area contributed by atoms with Gasteiger partial charge in [-0.25, -0.2) is 0 Å². The van der Waals surface area contributed by atoms with Crippen LogP contribution in [0, 0.1) is 20.8 Å². The highest BCUT2D eigenvalue weighted by Gasteiger charge is 2.11. The lowest BCUT2D eigenvalue weighted by atomic mass is 10.1. The van der Waals surface area contributed by atoms with Gasteiger partial charge >= 0.3 is 6.08 Å². The lowest BCUT2D eigenvalue weighted by Crippen LogP contribution is -2.13. The Labute approximate surface area is 120 Å². The summed E-state index contributed by atoms with van der Waals surface area (Å²) in [6.07, 6.45) is 3.04. The van der Waals surface area contributed by atoms with Crippen molar-refractivity contribution < 1.29 is 9.15 Å². The van der Waals surface area contributed by atoms with Crippen LogP contribution in [-0.4, -0.2) is 11.5 Å². The van der Waals surface area contributed by atoms with Crippen LogP contribution >= 0.6 is 0 Å². The quantitative estimate of drug-likeness (QED) is 0.812. The summed E-state index contributed by atoms with van der Waals surface area (Å²) in [6, 6.07) is 4.14. The van der Waals surface area contributed by atoms with Crippen molar-refractivity contribution in [2.24, 2.45) is 0 Å². The van der Waals surface area contributed by atoms with Gasteiger partial charge in [-0.2, -0.15) is 4.98 Å². The van der Waals surface area contributed by atoms with Gasteiger partial charge in [0.25, 0.3) is 0 Å². The van der Waals surface area contributed by atoms with Crippen LogP contribution in [0.15, 0.2) is 22.8 Å². The zero-order valence-corrected chi connectivity index (χ0v) is 12.6. The average Bonchev–Trinajstić information content (AvgIpc) is 2.87. The normalized spacial score (nSPS) is 10.8. The molecule has 0 radical (unpaired) electrons. The van der Waals surface area contributed by atoms with Gasteiger partial charge in [-0.05, 0) is 50.4 Å². The molecule has 108 valence electrons. The maximum atomic E-state index is 5.80. The third-order valence-corrected chi connectivity index (χ3v) is 3.33. The second kappa shape index (κ2) is 6.57. The Kier molecular flexibility index (Phi) is 4.79.